The minimum absolute atomic E-state index is 0.423. The van der Waals surface area contributed by atoms with Crippen LogP contribution < -0.4 is 5.32 Å². The molecular weight excluding hydrogens is 148 g/mol. The Kier molecular flexibility index (Phi) is 4.64. The lowest BCUT2D eigenvalue weighted by Gasteiger charge is -2.17. The second kappa shape index (κ2) is 4.96. The lowest BCUT2D eigenvalue weighted by atomic mass is 9.96. The van der Waals surface area contributed by atoms with Crippen LogP contribution in [-0.4, -0.2) is 13.3 Å². The van der Waals surface area contributed by atoms with Crippen LogP contribution in [0, 0.1) is 17.2 Å². The summed E-state index contributed by atoms with van der Waals surface area (Å²) in [6, 6.07) is 0. The molecule has 0 radical (unpaired) electrons. The molecule has 0 heterocycles. The van der Waals surface area contributed by atoms with Gasteiger partial charge in [-0.25, -0.2) is 0 Å². The Morgan fingerprint density at radius 2 is 1.67 bits per heavy atom. The van der Waals surface area contributed by atoms with Crippen molar-refractivity contribution >= 4 is 6.21 Å². The Bertz CT molecular complexity index is 178. The Morgan fingerprint density at radius 1 is 1.17 bits per heavy atom. The maximum Gasteiger partial charge on any atom is 0.0229 e. The summed E-state index contributed by atoms with van der Waals surface area (Å²) >= 11 is 0. The van der Waals surface area contributed by atoms with E-state index in [1.54, 1.807) is 0 Å². The van der Waals surface area contributed by atoms with Crippen molar-refractivity contribution < 1.29 is 0 Å². The normalized spacial score (nSPS) is 13.2. The average molecular weight is 168 g/mol. The Balaban J connectivity index is 4.87. The van der Waals surface area contributed by atoms with Crippen LogP contribution in [0.5, 0.6) is 0 Å². The molecule has 2 N–H and O–H groups in total. The van der Waals surface area contributed by atoms with E-state index in [0.717, 1.165) is 5.57 Å². The summed E-state index contributed by atoms with van der Waals surface area (Å²) in [6.07, 6.45) is 1.45. The zero-order valence-corrected chi connectivity index (χ0v) is 8.73. The number of rotatable bonds is 4. The third-order valence-electron chi connectivity index (χ3n) is 1.94. The molecule has 0 atom stereocenters. The molecule has 0 aliphatic carbocycles. The topological polar surface area (TPSA) is 35.9 Å². The molecule has 0 fully saturated rings. The largest absolute Gasteiger partial charge is 0.391 e. The fraction of sp³-hybridized carbons (Fsp3) is 0.700. The lowest BCUT2D eigenvalue weighted by molar-refractivity contribution is 0.660. The SMILES string of the molecule is CN/C(=C(\C=N)C(C)C)C(C)C. The molecule has 0 saturated carbocycles. The van der Waals surface area contributed by atoms with Crippen LogP contribution in [0.25, 0.3) is 0 Å². The molecule has 2 heteroatoms. The molecule has 2 nitrogen and oxygen atoms in total. The van der Waals surface area contributed by atoms with Gasteiger partial charge in [0.1, 0.15) is 0 Å². The summed E-state index contributed by atoms with van der Waals surface area (Å²) in [5, 5.41) is 10.5. The van der Waals surface area contributed by atoms with Gasteiger partial charge in [-0.15, -0.1) is 0 Å². The van der Waals surface area contributed by atoms with Gasteiger partial charge >= 0.3 is 0 Å². The predicted octanol–water partition coefficient (Wildman–Crippen LogP) is 2.42. The van der Waals surface area contributed by atoms with E-state index in [9.17, 15) is 0 Å². The van der Waals surface area contributed by atoms with E-state index < -0.39 is 0 Å². The zero-order valence-electron chi connectivity index (χ0n) is 8.73. The highest BCUT2D eigenvalue weighted by Crippen LogP contribution is 2.16. The molecule has 12 heavy (non-hydrogen) atoms. The molecule has 0 unspecified atom stereocenters. The summed E-state index contributed by atoms with van der Waals surface area (Å²) < 4.78 is 0. The van der Waals surface area contributed by atoms with Crippen LogP contribution in [0.3, 0.4) is 0 Å². The fourth-order valence-corrected chi connectivity index (χ4v) is 1.32. The molecule has 0 bridgehead atoms. The van der Waals surface area contributed by atoms with Gasteiger partial charge in [0.25, 0.3) is 0 Å². The van der Waals surface area contributed by atoms with Crippen molar-refractivity contribution in [2.45, 2.75) is 27.7 Å². The van der Waals surface area contributed by atoms with E-state index in [2.05, 4.69) is 33.0 Å². The van der Waals surface area contributed by atoms with Crippen LogP contribution in [0.2, 0.25) is 0 Å². The smallest absolute Gasteiger partial charge is 0.0229 e. The fourth-order valence-electron chi connectivity index (χ4n) is 1.32. The van der Waals surface area contributed by atoms with Gasteiger partial charge in [0.05, 0.1) is 0 Å². The van der Waals surface area contributed by atoms with E-state index in [0.29, 0.717) is 11.8 Å². The highest BCUT2D eigenvalue weighted by atomic mass is 14.8. The molecule has 0 aliphatic heterocycles. The summed E-state index contributed by atoms with van der Waals surface area (Å²) in [7, 11) is 1.92. The van der Waals surface area contributed by atoms with Crippen molar-refractivity contribution in [3.8, 4) is 0 Å². The van der Waals surface area contributed by atoms with E-state index in [1.165, 1.54) is 11.9 Å². The monoisotopic (exact) mass is 168 g/mol. The quantitative estimate of drug-likeness (QED) is 0.621. The first-order chi connectivity index (χ1) is 5.54. The van der Waals surface area contributed by atoms with Crippen molar-refractivity contribution in [1.82, 2.24) is 5.32 Å². The van der Waals surface area contributed by atoms with Crippen molar-refractivity contribution in [3.63, 3.8) is 0 Å². The third kappa shape index (κ3) is 2.68. The Morgan fingerprint density at radius 3 is 1.75 bits per heavy atom. The van der Waals surface area contributed by atoms with Gasteiger partial charge in [0, 0.05) is 19.0 Å². The van der Waals surface area contributed by atoms with Gasteiger partial charge in [-0.1, -0.05) is 27.7 Å². The zero-order chi connectivity index (χ0) is 9.72. The second-order valence-electron chi connectivity index (χ2n) is 3.57. The number of allylic oxidation sites excluding steroid dienone is 2. The standard InChI is InChI=1S/C10H20N2/c1-7(2)9(6-11)10(12-5)8(3)4/h6-8,11-12H,1-5H3/b10-9+,11-6?. The van der Waals surface area contributed by atoms with Crippen molar-refractivity contribution in [2.75, 3.05) is 7.05 Å². The second-order valence-corrected chi connectivity index (χ2v) is 3.57. The first-order valence-electron chi connectivity index (χ1n) is 4.46. The van der Waals surface area contributed by atoms with E-state index >= 15 is 0 Å². The van der Waals surface area contributed by atoms with Crippen LogP contribution >= 0.6 is 0 Å². The van der Waals surface area contributed by atoms with E-state index in [-0.39, 0.29) is 0 Å². The molecule has 0 aromatic rings. The third-order valence-corrected chi connectivity index (χ3v) is 1.94. The molecule has 0 saturated heterocycles. The highest BCUT2D eigenvalue weighted by molar-refractivity contribution is 5.77. The highest BCUT2D eigenvalue weighted by Gasteiger charge is 2.09. The van der Waals surface area contributed by atoms with Crippen LogP contribution in [0.4, 0.5) is 0 Å². The molecule has 0 aromatic heterocycles. The maximum atomic E-state index is 7.29. The predicted molar refractivity (Wildman–Crippen MR) is 54.5 cm³/mol. The summed E-state index contributed by atoms with van der Waals surface area (Å²) in [5.74, 6) is 0.890. The van der Waals surface area contributed by atoms with Gasteiger partial charge in [-0.2, -0.15) is 0 Å². The first-order valence-corrected chi connectivity index (χ1v) is 4.46. The van der Waals surface area contributed by atoms with Gasteiger partial charge in [-0.05, 0) is 17.4 Å². The van der Waals surface area contributed by atoms with Gasteiger partial charge in [0.15, 0.2) is 0 Å². The molecule has 70 valence electrons. The molecule has 0 aromatic carbocycles. The summed E-state index contributed by atoms with van der Waals surface area (Å²) in [5.41, 5.74) is 2.28. The lowest BCUT2D eigenvalue weighted by Crippen LogP contribution is -2.17. The maximum absolute atomic E-state index is 7.29. The Labute approximate surface area is 75.6 Å². The summed E-state index contributed by atoms with van der Waals surface area (Å²) in [6.45, 7) is 8.50. The molecule has 0 spiro atoms. The molecule has 0 aliphatic rings. The van der Waals surface area contributed by atoms with E-state index in [1.807, 2.05) is 7.05 Å². The molecule has 0 rings (SSSR count). The average Bonchev–Trinajstić information content (AvgIpc) is 1.98. The van der Waals surface area contributed by atoms with Gasteiger partial charge < -0.3 is 10.7 Å². The van der Waals surface area contributed by atoms with Crippen LogP contribution in [0.1, 0.15) is 27.7 Å². The molecule has 0 amide bonds. The van der Waals surface area contributed by atoms with Crippen molar-refractivity contribution in [1.29, 1.82) is 5.41 Å². The number of hydrogen-bond donors (Lipinski definition) is 2. The van der Waals surface area contributed by atoms with Gasteiger partial charge in [0.2, 0.25) is 0 Å². The van der Waals surface area contributed by atoms with Crippen molar-refractivity contribution in [3.05, 3.63) is 11.3 Å². The van der Waals surface area contributed by atoms with Crippen LogP contribution in [0.15, 0.2) is 11.3 Å². The first kappa shape index (κ1) is 11.2. The minimum Gasteiger partial charge on any atom is -0.391 e. The number of nitrogens with one attached hydrogen (secondary N) is 2. The minimum atomic E-state index is 0.423. The Hall–Kier alpha value is -0.790. The molecular formula is C10H20N2. The van der Waals surface area contributed by atoms with E-state index in [4.69, 9.17) is 5.41 Å². The van der Waals surface area contributed by atoms with Gasteiger partial charge in [-0.3, -0.25) is 0 Å². The van der Waals surface area contributed by atoms with Crippen molar-refractivity contribution in [2.24, 2.45) is 11.8 Å². The summed E-state index contributed by atoms with van der Waals surface area (Å²) in [4.78, 5) is 0. The number of hydrogen-bond acceptors (Lipinski definition) is 2. The van der Waals surface area contributed by atoms with Crippen LogP contribution in [-0.2, 0) is 0 Å².